The Morgan fingerprint density at radius 2 is 2.00 bits per heavy atom. The molecular weight excluding hydrogens is 282 g/mol. The second-order valence-electron chi connectivity index (χ2n) is 4.02. The van der Waals surface area contributed by atoms with Crippen LogP contribution in [0.4, 0.5) is 0 Å². The number of aromatic nitrogens is 3. The van der Waals surface area contributed by atoms with E-state index in [9.17, 15) is 5.11 Å². The Bertz CT molecular complexity index is 505. The van der Waals surface area contributed by atoms with Crippen molar-refractivity contribution in [2.24, 2.45) is 0 Å². The minimum absolute atomic E-state index is 0.575. The topological polar surface area (TPSA) is 50.9 Å². The van der Waals surface area contributed by atoms with E-state index in [1.54, 1.807) is 11.6 Å². The number of halogens is 1. The molecule has 1 N–H and O–H groups in total. The number of aliphatic hydroxyl groups excluding tert-OH is 1. The second-order valence-corrected chi connectivity index (χ2v) is 4.94. The fourth-order valence-corrected chi connectivity index (χ4v) is 1.94. The zero-order chi connectivity index (χ0) is 12.4. The highest BCUT2D eigenvalue weighted by Crippen LogP contribution is 2.15. The smallest absolute Gasteiger partial charge is 0.114 e. The average Bonchev–Trinajstić information content (AvgIpc) is 2.64. The first kappa shape index (κ1) is 12.3. The zero-order valence-corrected chi connectivity index (χ0v) is 11.3. The van der Waals surface area contributed by atoms with Gasteiger partial charge in [-0.2, -0.15) is 0 Å². The summed E-state index contributed by atoms with van der Waals surface area (Å²) in [6.07, 6.45) is -0.575. The third-order valence-electron chi connectivity index (χ3n) is 2.66. The molecular formula is C12H14BrN3O. The molecule has 5 heteroatoms. The van der Waals surface area contributed by atoms with Gasteiger partial charge in [0.2, 0.25) is 0 Å². The summed E-state index contributed by atoms with van der Waals surface area (Å²) in [6, 6.07) is 8.06. The molecule has 17 heavy (non-hydrogen) atoms. The third-order valence-corrected chi connectivity index (χ3v) is 3.19. The minimum Gasteiger partial charge on any atom is -0.387 e. The monoisotopic (exact) mass is 295 g/mol. The van der Waals surface area contributed by atoms with Crippen LogP contribution in [-0.4, -0.2) is 20.1 Å². The van der Waals surface area contributed by atoms with Crippen LogP contribution >= 0.6 is 15.9 Å². The predicted octanol–water partition coefficient (Wildman–Crippen LogP) is 2.45. The van der Waals surface area contributed by atoms with Crippen LogP contribution in [-0.2, 0) is 6.54 Å². The second kappa shape index (κ2) is 4.98. The van der Waals surface area contributed by atoms with E-state index >= 15 is 0 Å². The molecule has 4 nitrogen and oxygen atoms in total. The SMILES string of the molecule is Cc1c([C@H](C)O)nnn1Cc1ccc(Br)cc1. The van der Waals surface area contributed by atoms with E-state index in [-0.39, 0.29) is 0 Å². The van der Waals surface area contributed by atoms with Crippen molar-refractivity contribution in [2.75, 3.05) is 0 Å². The summed E-state index contributed by atoms with van der Waals surface area (Å²) in [6.45, 7) is 4.28. The summed E-state index contributed by atoms with van der Waals surface area (Å²) in [4.78, 5) is 0. The van der Waals surface area contributed by atoms with Crippen molar-refractivity contribution >= 4 is 15.9 Å². The lowest BCUT2D eigenvalue weighted by Crippen LogP contribution is -2.04. The summed E-state index contributed by atoms with van der Waals surface area (Å²) in [5.74, 6) is 0. The van der Waals surface area contributed by atoms with Crippen LogP contribution in [0.3, 0.4) is 0 Å². The van der Waals surface area contributed by atoms with Gasteiger partial charge in [0.25, 0.3) is 0 Å². The maximum Gasteiger partial charge on any atom is 0.114 e. The minimum atomic E-state index is -0.575. The fourth-order valence-electron chi connectivity index (χ4n) is 1.67. The van der Waals surface area contributed by atoms with Gasteiger partial charge in [0.05, 0.1) is 18.3 Å². The van der Waals surface area contributed by atoms with Crippen molar-refractivity contribution in [1.29, 1.82) is 0 Å². The van der Waals surface area contributed by atoms with Crippen molar-refractivity contribution < 1.29 is 5.11 Å². The molecule has 0 aliphatic heterocycles. The van der Waals surface area contributed by atoms with E-state index in [2.05, 4.69) is 26.2 Å². The molecule has 1 aromatic heterocycles. The summed E-state index contributed by atoms with van der Waals surface area (Å²) < 4.78 is 2.85. The van der Waals surface area contributed by atoms with Gasteiger partial charge in [-0.05, 0) is 31.5 Å². The van der Waals surface area contributed by atoms with Crippen LogP contribution in [0, 0.1) is 6.92 Å². The molecule has 2 aromatic rings. The van der Waals surface area contributed by atoms with Crippen molar-refractivity contribution in [1.82, 2.24) is 15.0 Å². The molecule has 90 valence electrons. The molecule has 0 amide bonds. The Labute approximate surface area is 108 Å². The lowest BCUT2D eigenvalue weighted by Gasteiger charge is -2.05. The average molecular weight is 296 g/mol. The maximum absolute atomic E-state index is 9.50. The number of rotatable bonds is 3. The molecule has 0 fully saturated rings. The van der Waals surface area contributed by atoms with Crippen LogP contribution < -0.4 is 0 Å². The van der Waals surface area contributed by atoms with E-state index < -0.39 is 6.10 Å². The summed E-state index contributed by atoms with van der Waals surface area (Å²) in [5.41, 5.74) is 2.70. The molecule has 0 radical (unpaired) electrons. The van der Waals surface area contributed by atoms with Crippen molar-refractivity contribution in [3.05, 3.63) is 45.7 Å². The van der Waals surface area contributed by atoms with E-state index in [1.807, 2.05) is 31.2 Å². The van der Waals surface area contributed by atoms with Gasteiger partial charge in [-0.25, -0.2) is 4.68 Å². The van der Waals surface area contributed by atoms with Crippen LogP contribution in [0.5, 0.6) is 0 Å². The highest BCUT2D eigenvalue weighted by Gasteiger charge is 2.12. The van der Waals surface area contributed by atoms with Crippen LogP contribution in [0.1, 0.15) is 30.0 Å². The van der Waals surface area contributed by atoms with Gasteiger partial charge in [0, 0.05) is 4.47 Å². The molecule has 0 spiro atoms. The lowest BCUT2D eigenvalue weighted by atomic mass is 10.2. The van der Waals surface area contributed by atoms with Gasteiger partial charge in [0.15, 0.2) is 0 Å². The number of aliphatic hydroxyl groups is 1. The van der Waals surface area contributed by atoms with E-state index in [1.165, 1.54) is 0 Å². The fraction of sp³-hybridized carbons (Fsp3) is 0.333. The first-order valence-corrected chi connectivity index (χ1v) is 6.19. The molecule has 1 atom stereocenters. The van der Waals surface area contributed by atoms with Gasteiger partial charge in [-0.1, -0.05) is 33.3 Å². The summed E-state index contributed by atoms with van der Waals surface area (Å²) >= 11 is 3.40. The first-order chi connectivity index (χ1) is 8.08. The number of hydrogen-bond donors (Lipinski definition) is 1. The quantitative estimate of drug-likeness (QED) is 0.946. The molecule has 0 unspecified atom stereocenters. The highest BCUT2D eigenvalue weighted by atomic mass is 79.9. The van der Waals surface area contributed by atoms with Gasteiger partial charge in [0.1, 0.15) is 5.69 Å². The van der Waals surface area contributed by atoms with Crippen molar-refractivity contribution in [3.8, 4) is 0 Å². The molecule has 0 aliphatic rings. The normalized spacial score (nSPS) is 12.7. The molecule has 2 rings (SSSR count). The van der Waals surface area contributed by atoms with Crippen LogP contribution in [0.25, 0.3) is 0 Å². The first-order valence-electron chi connectivity index (χ1n) is 5.40. The Balaban J connectivity index is 2.22. The van der Waals surface area contributed by atoms with Gasteiger partial charge < -0.3 is 5.11 Å². The van der Waals surface area contributed by atoms with E-state index in [0.717, 1.165) is 15.7 Å². The summed E-state index contributed by atoms with van der Waals surface area (Å²) in [5, 5.41) is 17.5. The van der Waals surface area contributed by atoms with E-state index in [4.69, 9.17) is 0 Å². The number of hydrogen-bond acceptors (Lipinski definition) is 3. The maximum atomic E-state index is 9.50. The molecule has 0 bridgehead atoms. The number of nitrogens with zero attached hydrogens (tertiary/aromatic N) is 3. The Kier molecular flexibility index (Phi) is 3.59. The standard InChI is InChI=1S/C12H14BrN3O/c1-8-12(9(2)17)14-15-16(8)7-10-3-5-11(13)6-4-10/h3-6,9,17H,7H2,1-2H3/t9-/m0/s1. The lowest BCUT2D eigenvalue weighted by molar-refractivity contribution is 0.193. The Morgan fingerprint density at radius 3 is 2.53 bits per heavy atom. The molecule has 1 aromatic carbocycles. The molecule has 0 saturated heterocycles. The van der Waals surface area contributed by atoms with Crippen molar-refractivity contribution in [3.63, 3.8) is 0 Å². The third kappa shape index (κ3) is 2.73. The number of benzene rings is 1. The zero-order valence-electron chi connectivity index (χ0n) is 9.76. The molecule has 0 saturated carbocycles. The molecule has 1 heterocycles. The predicted molar refractivity (Wildman–Crippen MR) is 68.6 cm³/mol. The van der Waals surface area contributed by atoms with Gasteiger partial charge in [-0.15, -0.1) is 5.10 Å². The Morgan fingerprint density at radius 1 is 1.35 bits per heavy atom. The molecule has 0 aliphatic carbocycles. The summed E-state index contributed by atoms with van der Waals surface area (Å²) in [7, 11) is 0. The highest BCUT2D eigenvalue weighted by molar-refractivity contribution is 9.10. The van der Waals surface area contributed by atoms with Gasteiger partial charge >= 0.3 is 0 Å². The Hall–Kier alpha value is -1.20. The van der Waals surface area contributed by atoms with Crippen molar-refractivity contribution in [2.45, 2.75) is 26.5 Å². The van der Waals surface area contributed by atoms with E-state index in [0.29, 0.717) is 12.2 Å². The van der Waals surface area contributed by atoms with Gasteiger partial charge in [-0.3, -0.25) is 0 Å². The van der Waals surface area contributed by atoms with Crippen LogP contribution in [0.15, 0.2) is 28.7 Å². The van der Waals surface area contributed by atoms with Crippen LogP contribution in [0.2, 0.25) is 0 Å². The largest absolute Gasteiger partial charge is 0.387 e.